The second-order valence-corrected chi connectivity index (χ2v) is 8.88. The highest BCUT2D eigenvalue weighted by Crippen LogP contribution is 2.24. The van der Waals surface area contributed by atoms with Crippen molar-refractivity contribution >= 4 is 38.8 Å². The summed E-state index contributed by atoms with van der Waals surface area (Å²) in [5.74, 6) is 0.222. The van der Waals surface area contributed by atoms with Gasteiger partial charge in [0.25, 0.3) is 0 Å². The Bertz CT molecular complexity index is 1170. The number of nitrogens with zero attached hydrogens (tertiary/aromatic N) is 3. The first-order valence-electron chi connectivity index (χ1n) is 9.28. The Morgan fingerprint density at radius 1 is 1.14 bits per heavy atom. The van der Waals surface area contributed by atoms with Gasteiger partial charge in [-0.25, -0.2) is 4.98 Å². The minimum Gasteiger partial charge on any atom is -0.338 e. The summed E-state index contributed by atoms with van der Waals surface area (Å²) >= 11 is 3.47. The van der Waals surface area contributed by atoms with Gasteiger partial charge in [0.15, 0.2) is 0 Å². The number of carbonyl (C=O) groups is 1. The van der Waals surface area contributed by atoms with Crippen LogP contribution in [0.5, 0.6) is 0 Å². The van der Waals surface area contributed by atoms with Crippen molar-refractivity contribution in [3.8, 4) is 5.69 Å². The minimum absolute atomic E-state index is 0.129. The van der Waals surface area contributed by atoms with Crippen LogP contribution in [0.1, 0.15) is 32.0 Å². The van der Waals surface area contributed by atoms with E-state index < -0.39 is 0 Å². The lowest BCUT2D eigenvalue weighted by Crippen LogP contribution is -2.14. The van der Waals surface area contributed by atoms with Crippen LogP contribution in [0, 0.1) is 0 Å². The first-order valence-corrected chi connectivity index (χ1v) is 10.1. The molecular weight excluding hydrogens is 432 g/mol. The van der Waals surface area contributed by atoms with Crippen molar-refractivity contribution in [1.29, 1.82) is 0 Å². The Morgan fingerprint density at radius 3 is 2.59 bits per heavy atom. The molecule has 0 aliphatic carbocycles. The summed E-state index contributed by atoms with van der Waals surface area (Å²) < 4.78 is 8.24. The number of anilines is 1. The topological polar surface area (TPSA) is 73.0 Å². The molecule has 1 amide bonds. The number of imidazole rings is 1. The third-order valence-electron chi connectivity index (χ3n) is 4.63. The number of hydrogen-bond donors (Lipinski definition) is 1. The van der Waals surface area contributed by atoms with Crippen LogP contribution < -0.4 is 5.32 Å². The number of carbonyl (C=O) groups excluding carboxylic acids is 1. The molecule has 4 aromatic rings. The summed E-state index contributed by atoms with van der Waals surface area (Å²) in [6.07, 6.45) is 2.05. The number of benzene rings is 2. The lowest BCUT2D eigenvalue weighted by Gasteiger charge is -2.12. The van der Waals surface area contributed by atoms with Gasteiger partial charge in [0.1, 0.15) is 6.33 Å². The average molecular weight is 453 g/mol. The molecule has 0 unspecified atom stereocenters. The van der Waals surface area contributed by atoms with E-state index in [4.69, 9.17) is 4.52 Å². The molecule has 0 aliphatic rings. The van der Waals surface area contributed by atoms with Gasteiger partial charge in [0, 0.05) is 21.6 Å². The Labute approximate surface area is 177 Å². The molecule has 2 aromatic heterocycles. The number of hydrogen-bond acceptors (Lipinski definition) is 4. The van der Waals surface area contributed by atoms with E-state index in [1.807, 2.05) is 67.8 Å². The molecule has 0 saturated carbocycles. The maximum atomic E-state index is 12.3. The van der Waals surface area contributed by atoms with Gasteiger partial charge in [-0.2, -0.15) is 0 Å². The van der Waals surface area contributed by atoms with E-state index in [1.165, 1.54) is 0 Å². The SMILES string of the molecule is CC(C)(C)c1cc(NC(=O)Cc2ccc(-n3cnc4cc(Br)ccc43)cc2)on1. The van der Waals surface area contributed by atoms with Crippen LogP contribution in [0.3, 0.4) is 0 Å². The predicted octanol–water partition coefficient (Wildman–Crippen LogP) is 5.25. The summed E-state index contributed by atoms with van der Waals surface area (Å²) in [6, 6.07) is 15.6. The zero-order valence-corrected chi connectivity index (χ0v) is 18.0. The zero-order valence-electron chi connectivity index (χ0n) is 16.4. The predicted molar refractivity (Wildman–Crippen MR) is 116 cm³/mol. The van der Waals surface area contributed by atoms with E-state index in [-0.39, 0.29) is 17.7 Å². The van der Waals surface area contributed by atoms with Gasteiger partial charge < -0.3 is 4.52 Å². The van der Waals surface area contributed by atoms with Crippen molar-refractivity contribution < 1.29 is 9.32 Å². The normalized spacial score (nSPS) is 11.7. The van der Waals surface area contributed by atoms with Crippen molar-refractivity contribution in [2.75, 3.05) is 5.32 Å². The second kappa shape index (κ2) is 7.48. The molecule has 148 valence electrons. The monoisotopic (exact) mass is 452 g/mol. The molecule has 2 aromatic carbocycles. The van der Waals surface area contributed by atoms with Crippen molar-refractivity contribution in [3.05, 3.63) is 70.6 Å². The van der Waals surface area contributed by atoms with E-state index in [1.54, 1.807) is 12.4 Å². The van der Waals surface area contributed by atoms with Gasteiger partial charge in [0.2, 0.25) is 11.8 Å². The van der Waals surface area contributed by atoms with Crippen molar-refractivity contribution in [1.82, 2.24) is 14.7 Å². The zero-order chi connectivity index (χ0) is 20.6. The third kappa shape index (κ3) is 4.24. The number of fused-ring (bicyclic) bond motifs is 1. The quantitative estimate of drug-likeness (QED) is 0.458. The third-order valence-corrected chi connectivity index (χ3v) is 5.12. The standard InChI is InChI=1S/C22H21BrN4O2/c1-22(2,3)19-12-21(29-26-19)25-20(28)10-14-4-7-16(8-5-14)27-13-24-17-11-15(23)6-9-18(17)27/h4-9,11-13H,10H2,1-3H3,(H,25,28). The van der Waals surface area contributed by atoms with E-state index in [0.717, 1.165) is 32.5 Å². The van der Waals surface area contributed by atoms with Crippen LogP contribution in [0.4, 0.5) is 5.88 Å². The van der Waals surface area contributed by atoms with Gasteiger partial charge in [-0.05, 0) is 35.9 Å². The molecule has 0 bridgehead atoms. The van der Waals surface area contributed by atoms with Gasteiger partial charge >= 0.3 is 0 Å². The molecule has 0 atom stereocenters. The number of nitrogens with one attached hydrogen (secondary N) is 1. The van der Waals surface area contributed by atoms with Crippen LogP contribution in [0.15, 0.2) is 63.9 Å². The van der Waals surface area contributed by atoms with Crippen LogP contribution >= 0.6 is 15.9 Å². The lowest BCUT2D eigenvalue weighted by molar-refractivity contribution is -0.115. The highest BCUT2D eigenvalue weighted by Gasteiger charge is 2.19. The van der Waals surface area contributed by atoms with Gasteiger partial charge in [-0.15, -0.1) is 0 Å². The van der Waals surface area contributed by atoms with E-state index in [0.29, 0.717) is 5.88 Å². The molecule has 7 heteroatoms. The van der Waals surface area contributed by atoms with Gasteiger partial charge in [0.05, 0.1) is 23.1 Å². The lowest BCUT2D eigenvalue weighted by atomic mass is 9.92. The summed E-state index contributed by atoms with van der Waals surface area (Å²) in [6.45, 7) is 6.13. The van der Waals surface area contributed by atoms with Gasteiger partial charge in [-0.1, -0.05) is 54.0 Å². The summed E-state index contributed by atoms with van der Waals surface area (Å²) in [4.78, 5) is 16.8. The largest absolute Gasteiger partial charge is 0.338 e. The summed E-state index contributed by atoms with van der Waals surface area (Å²) in [5, 5.41) is 6.78. The molecule has 2 heterocycles. The summed E-state index contributed by atoms with van der Waals surface area (Å²) in [5.41, 5.74) is 4.52. The van der Waals surface area contributed by atoms with Crippen LogP contribution in [-0.4, -0.2) is 20.6 Å². The van der Waals surface area contributed by atoms with Crippen molar-refractivity contribution in [3.63, 3.8) is 0 Å². The number of halogens is 1. The van der Waals surface area contributed by atoms with Gasteiger partial charge in [-0.3, -0.25) is 14.7 Å². The first-order chi connectivity index (χ1) is 13.8. The highest BCUT2D eigenvalue weighted by atomic mass is 79.9. The maximum Gasteiger partial charge on any atom is 0.231 e. The Kier molecular flexibility index (Phi) is 5.00. The highest BCUT2D eigenvalue weighted by molar-refractivity contribution is 9.10. The van der Waals surface area contributed by atoms with Crippen LogP contribution in [0.2, 0.25) is 0 Å². The Morgan fingerprint density at radius 2 is 1.90 bits per heavy atom. The van der Waals surface area contributed by atoms with E-state index in [2.05, 4.69) is 31.4 Å². The molecule has 0 saturated heterocycles. The Balaban J connectivity index is 1.45. The number of aromatic nitrogens is 3. The molecule has 1 N–H and O–H groups in total. The molecule has 0 aliphatic heterocycles. The molecule has 29 heavy (non-hydrogen) atoms. The molecule has 6 nitrogen and oxygen atoms in total. The first kappa shape index (κ1) is 19.4. The fourth-order valence-corrected chi connectivity index (χ4v) is 3.37. The van der Waals surface area contributed by atoms with E-state index >= 15 is 0 Å². The summed E-state index contributed by atoms with van der Waals surface area (Å²) in [7, 11) is 0. The van der Waals surface area contributed by atoms with Crippen molar-refractivity contribution in [2.45, 2.75) is 32.6 Å². The molecule has 4 rings (SSSR count). The molecule has 0 spiro atoms. The molecular formula is C22H21BrN4O2. The fourth-order valence-electron chi connectivity index (χ4n) is 3.02. The maximum absolute atomic E-state index is 12.3. The molecule has 0 radical (unpaired) electrons. The smallest absolute Gasteiger partial charge is 0.231 e. The molecule has 0 fully saturated rings. The number of rotatable bonds is 4. The fraction of sp³-hybridized carbons (Fsp3) is 0.227. The second-order valence-electron chi connectivity index (χ2n) is 7.97. The average Bonchev–Trinajstić information content (AvgIpc) is 3.29. The van der Waals surface area contributed by atoms with Crippen LogP contribution in [-0.2, 0) is 16.6 Å². The number of amides is 1. The van der Waals surface area contributed by atoms with E-state index in [9.17, 15) is 4.79 Å². The Hall–Kier alpha value is -2.93. The van der Waals surface area contributed by atoms with Crippen LogP contribution in [0.25, 0.3) is 16.7 Å². The minimum atomic E-state index is -0.146. The van der Waals surface area contributed by atoms with Crippen molar-refractivity contribution in [2.24, 2.45) is 0 Å².